The fourth-order valence-corrected chi connectivity index (χ4v) is 3.18. The molecule has 0 spiro atoms. The van der Waals surface area contributed by atoms with Gasteiger partial charge in [-0.05, 0) is 42.0 Å². The largest absolute Gasteiger partial charge is 0.493 e. The number of carbonyl (C=O) groups is 2. The molecule has 156 valence electrons. The van der Waals surface area contributed by atoms with Gasteiger partial charge in [0.2, 0.25) is 0 Å². The summed E-state index contributed by atoms with van der Waals surface area (Å²) in [4.78, 5) is 25.4. The molecule has 3 aromatic rings. The van der Waals surface area contributed by atoms with Crippen molar-refractivity contribution in [2.75, 3.05) is 12.1 Å². The number of methoxy groups -OCH3 is 1. The number of para-hydroxylation sites is 1. The van der Waals surface area contributed by atoms with Gasteiger partial charge in [-0.3, -0.25) is 15.0 Å². The Bertz CT molecular complexity index is 1140. The first kappa shape index (κ1) is 20.2. The summed E-state index contributed by atoms with van der Waals surface area (Å²) in [7, 11) is 1.52. The average molecular weight is 418 g/mol. The van der Waals surface area contributed by atoms with Gasteiger partial charge in [-0.1, -0.05) is 42.5 Å². The second kappa shape index (κ2) is 8.71. The molecule has 0 radical (unpaired) electrons. The van der Waals surface area contributed by atoms with E-state index in [4.69, 9.17) is 9.47 Å². The highest BCUT2D eigenvalue weighted by molar-refractivity contribution is 6.31. The third-order valence-corrected chi connectivity index (χ3v) is 4.73. The number of hydrogen-bond acceptors (Lipinski definition) is 4. The zero-order valence-corrected chi connectivity index (χ0v) is 16.7. The minimum atomic E-state index is -0.564. The number of ether oxygens (including phenoxy) is 2. The molecule has 1 aliphatic rings. The monoisotopic (exact) mass is 418 g/mol. The molecule has 31 heavy (non-hydrogen) atoms. The van der Waals surface area contributed by atoms with Crippen LogP contribution in [0.1, 0.15) is 11.1 Å². The summed E-state index contributed by atoms with van der Waals surface area (Å²) >= 11 is 0. The smallest absolute Gasteiger partial charge is 0.282 e. The van der Waals surface area contributed by atoms with Crippen LogP contribution >= 0.6 is 0 Å². The topological polar surface area (TPSA) is 67.9 Å². The number of anilines is 1. The van der Waals surface area contributed by atoms with E-state index in [-0.39, 0.29) is 5.57 Å². The van der Waals surface area contributed by atoms with Crippen LogP contribution in [-0.4, -0.2) is 18.9 Å². The van der Waals surface area contributed by atoms with Crippen molar-refractivity contribution < 1.29 is 23.5 Å². The summed E-state index contributed by atoms with van der Waals surface area (Å²) in [5.74, 6) is -0.651. The molecular weight excluding hydrogens is 399 g/mol. The molecule has 1 heterocycles. The predicted molar refractivity (Wildman–Crippen MR) is 114 cm³/mol. The molecule has 4 rings (SSSR count). The van der Waals surface area contributed by atoms with Crippen molar-refractivity contribution in [1.29, 1.82) is 0 Å². The number of hydrazine groups is 1. The summed E-state index contributed by atoms with van der Waals surface area (Å²) in [5, 5.41) is 1.08. The van der Waals surface area contributed by atoms with Crippen LogP contribution in [0.2, 0.25) is 0 Å². The summed E-state index contributed by atoms with van der Waals surface area (Å²) in [6.07, 6.45) is 1.46. The molecular formula is C24H19FN2O4. The van der Waals surface area contributed by atoms with Gasteiger partial charge in [0.1, 0.15) is 18.0 Å². The molecule has 0 aromatic heterocycles. The maximum Gasteiger partial charge on any atom is 0.282 e. The number of halogens is 1. The Morgan fingerprint density at radius 1 is 0.968 bits per heavy atom. The summed E-state index contributed by atoms with van der Waals surface area (Å²) < 4.78 is 24.6. The summed E-state index contributed by atoms with van der Waals surface area (Å²) in [6.45, 7) is 0.291. The van der Waals surface area contributed by atoms with E-state index >= 15 is 0 Å². The number of amides is 2. The Labute approximate surface area is 178 Å². The van der Waals surface area contributed by atoms with E-state index in [1.165, 1.54) is 37.5 Å². The SMILES string of the molecule is COc1cccc(/C=C2/C(=O)NN(c3ccc(F)cc3)C2=O)c1OCc1ccccc1. The Morgan fingerprint density at radius 3 is 2.42 bits per heavy atom. The van der Waals surface area contributed by atoms with Gasteiger partial charge in [0.05, 0.1) is 12.8 Å². The molecule has 1 fully saturated rings. The molecule has 0 saturated carbocycles. The maximum atomic E-state index is 13.2. The van der Waals surface area contributed by atoms with Gasteiger partial charge in [-0.25, -0.2) is 9.40 Å². The standard InChI is InChI=1S/C24H19FN2O4/c1-30-21-9-5-8-17(22(21)31-15-16-6-3-2-4-7-16)14-20-23(28)26-27(24(20)29)19-12-10-18(25)11-13-19/h2-14H,15H2,1H3,(H,26,28)/b20-14-. The first-order valence-electron chi connectivity index (χ1n) is 9.53. The fraction of sp³-hybridized carbons (Fsp3) is 0.0833. The quantitative estimate of drug-likeness (QED) is 0.487. The zero-order valence-electron chi connectivity index (χ0n) is 16.7. The van der Waals surface area contributed by atoms with E-state index in [1.807, 2.05) is 30.3 Å². The van der Waals surface area contributed by atoms with Crippen molar-refractivity contribution in [1.82, 2.24) is 5.43 Å². The van der Waals surface area contributed by atoms with Gasteiger partial charge in [0.15, 0.2) is 11.5 Å². The lowest BCUT2D eigenvalue weighted by molar-refractivity contribution is -0.117. The third-order valence-electron chi connectivity index (χ3n) is 4.73. The minimum absolute atomic E-state index is 0.0675. The molecule has 1 saturated heterocycles. The van der Waals surface area contributed by atoms with Crippen LogP contribution in [0.3, 0.4) is 0 Å². The lowest BCUT2D eigenvalue weighted by Gasteiger charge is -2.14. The first-order chi connectivity index (χ1) is 15.1. The number of rotatable bonds is 6. The number of nitrogens with zero attached hydrogens (tertiary/aromatic N) is 1. The first-order valence-corrected chi connectivity index (χ1v) is 9.53. The summed E-state index contributed by atoms with van der Waals surface area (Å²) in [6, 6.07) is 20.1. The van der Waals surface area contributed by atoms with Gasteiger partial charge in [-0.15, -0.1) is 0 Å². The third kappa shape index (κ3) is 4.25. The number of carbonyl (C=O) groups excluding carboxylic acids is 2. The highest BCUT2D eigenvalue weighted by Crippen LogP contribution is 2.34. The Morgan fingerprint density at radius 2 is 1.71 bits per heavy atom. The van der Waals surface area contributed by atoms with E-state index in [0.717, 1.165) is 10.6 Å². The second-order valence-electron chi connectivity index (χ2n) is 6.77. The van der Waals surface area contributed by atoms with Crippen LogP contribution in [0, 0.1) is 5.82 Å². The fourth-order valence-electron chi connectivity index (χ4n) is 3.18. The predicted octanol–water partition coefficient (Wildman–Crippen LogP) is 3.87. The second-order valence-corrected chi connectivity index (χ2v) is 6.77. The van der Waals surface area contributed by atoms with E-state index in [2.05, 4.69) is 5.43 Å². The van der Waals surface area contributed by atoms with E-state index < -0.39 is 17.6 Å². The van der Waals surface area contributed by atoms with Crippen molar-refractivity contribution in [3.05, 3.63) is 95.3 Å². The zero-order chi connectivity index (χ0) is 21.8. The van der Waals surface area contributed by atoms with Gasteiger partial charge >= 0.3 is 0 Å². The van der Waals surface area contributed by atoms with Crippen LogP contribution in [-0.2, 0) is 16.2 Å². The molecule has 1 aliphatic heterocycles. The number of benzene rings is 3. The van der Waals surface area contributed by atoms with E-state index in [9.17, 15) is 14.0 Å². The van der Waals surface area contributed by atoms with Crippen LogP contribution in [0.5, 0.6) is 11.5 Å². The van der Waals surface area contributed by atoms with Gasteiger partial charge in [-0.2, -0.15) is 0 Å². The Balaban J connectivity index is 1.65. The maximum absolute atomic E-state index is 13.2. The van der Waals surface area contributed by atoms with Crippen LogP contribution in [0.4, 0.5) is 10.1 Å². The van der Waals surface area contributed by atoms with Crippen molar-refractivity contribution in [2.24, 2.45) is 0 Å². The molecule has 3 aromatic carbocycles. The van der Waals surface area contributed by atoms with Crippen LogP contribution in [0.15, 0.2) is 78.4 Å². The minimum Gasteiger partial charge on any atom is -0.493 e. The van der Waals surface area contributed by atoms with Crippen molar-refractivity contribution in [3.8, 4) is 11.5 Å². The van der Waals surface area contributed by atoms with Gasteiger partial charge in [0, 0.05) is 5.56 Å². The van der Waals surface area contributed by atoms with Crippen molar-refractivity contribution in [3.63, 3.8) is 0 Å². The molecule has 0 aliphatic carbocycles. The highest BCUT2D eigenvalue weighted by atomic mass is 19.1. The average Bonchev–Trinajstić information content (AvgIpc) is 3.07. The normalized spacial score (nSPS) is 14.6. The number of nitrogens with one attached hydrogen (secondary N) is 1. The lowest BCUT2D eigenvalue weighted by Crippen LogP contribution is -2.35. The van der Waals surface area contributed by atoms with E-state index in [0.29, 0.717) is 29.4 Å². The molecule has 7 heteroatoms. The van der Waals surface area contributed by atoms with Crippen molar-refractivity contribution in [2.45, 2.75) is 6.61 Å². The molecule has 1 N–H and O–H groups in total. The van der Waals surface area contributed by atoms with Gasteiger partial charge in [0.25, 0.3) is 11.8 Å². The van der Waals surface area contributed by atoms with Gasteiger partial charge < -0.3 is 9.47 Å². The molecule has 6 nitrogen and oxygen atoms in total. The lowest BCUT2D eigenvalue weighted by atomic mass is 10.1. The highest BCUT2D eigenvalue weighted by Gasteiger charge is 2.34. The van der Waals surface area contributed by atoms with Crippen LogP contribution < -0.4 is 19.9 Å². The van der Waals surface area contributed by atoms with E-state index in [1.54, 1.807) is 18.2 Å². The Hall–Kier alpha value is -4.13. The molecule has 0 bridgehead atoms. The van der Waals surface area contributed by atoms with Crippen molar-refractivity contribution >= 4 is 23.6 Å². The summed E-state index contributed by atoms with van der Waals surface area (Å²) in [5.41, 5.74) is 4.27. The Kier molecular flexibility index (Phi) is 5.66. The van der Waals surface area contributed by atoms with Crippen LogP contribution in [0.25, 0.3) is 6.08 Å². The molecule has 0 atom stereocenters. The number of hydrogen-bond donors (Lipinski definition) is 1. The molecule has 0 unspecified atom stereocenters. The molecule has 2 amide bonds.